The molecule has 27 nitrogen and oxygen atoms in total. The number of piperazine rings is 3. The summed E-state index contributed by atoms with van der Waals surface area (Å²) in [5.74, 6) is -15.0. The fraction of sp³-hybridized carbons (Fsp3) is 0.300. The van der Waals surface area contributed by atoms with Gasteiger partial charge in [-0.3, -0.25) is 29.3 Å². The molecule has 0 aliphatic carbocycles. The first-order valence-electron chi connectivity index (χ1n) is 41.0. The summed E-state index contributed by atoms with van der Waals surface area (Å²) in [5, 5.41) is -4.02. The van der Waals surface area contributed by atoms with Gasteiger partial charge in [0.25, 0.3) is 0 Å². The lowest BCUT2D eigenvalue weighted by Gasteiger charge is -2.40. The number of aryl methyl sites for hydroxylation is 3. The number of nitrogens with zero attached hydrogens (tertiary/aromatic N) is 18. The lowest BCUT2D eigenvalue weighted by Crippen LogP contribution is -2.54. The maximum Gasteiger partial charge on any atom is 0.355 e. The first-order valence-corrected chi connectivity index (χ1v) is 42.9. The number of pyridine rings is 6. The van der Waals surface area contributed by atoms with E-state index in [-0.39, 0.29) is 137 Å². The molecule has 0 spiro atoms. The van der Waals surface area contributed by atoms with E-state index >= 15 is 26.3 Å². The summed E-state index contributed by atoms with van der Waals surface area (Å²) >= 11 is 29.5. The van der Waals surface area contributed by atoms with E-state index in [2.05, 4.69) is 64.6 Å². The summed E-state index contributed by atoms with van der Waals surface area (Å²) in [6.07, 6.45) is 8.43. The Morgan fingerprint density at radius 3 is 0.894 bits per heavy atom. The Labute approximate surface area is 772 Å². The number of rotatable bonds is 15. The van der Waals surface area contributed by atoms with E-state index in [1.165, 1.54) is 27.4 Å². The fourth-order valence-corrected chi connectivity index (χ4v) is 17.4. The van der Waals surface area contributed by atoms with Crippen LogP contribution in [-0.2, 0) is 14.4 Å². The van der Waals surface area contributed by atoms with Crippen molar-refractivity contribution in [3.8, 4) is 50.8 Å². The first kappa shape index (κ1) is 96.7. The first-order chi connectivity index (χ1) is 62.3. The van der Waals surface area contributed by atoms with Gasteiger partial charge in [-0.1, -0.05) is 119 Å². The zero-order chi connectivity index (χ0) is 96.6. The minimum atomic E-state index is -1.96. The van der Waals surface area contributed by atoms with Gasteiger partial charge in [-0.05, 0) is 131 Å². The van der Waals surface area contributed by atoms with Crippen molar-refractivity contribution in [3.05, 3.63) is 241 Å². The third-order valence-corrected chi connectivity index (χ3v) is 24.7. The third-order valence-electron chi connectivity index (χ3n) is 23.0. The SMILES string of the molecule is C=CC(=O)N1CCN(c2nc(=O)n(-c3c(C)ccnc3C(C)C)c3nc(-c4c(N)c(Cl)c(F)c(Cl)c4F)c(F)cc23)[C@@H](C)C1.C=CC(=O)N1CCN(c2nc(=O)n(-c3c(C)ccnc3C(C)C)c3nc(-c4c(N)c(Cl)c(F)c(Cl)c4F)c(F)cc23)[C@@H](C)C1.C=CC(=O)N1CCN(c2nc(=O)n(-c3c(C)ccnc3C(C)C)c3nc(-c4c(N)c(Cl)c(F)c(F)c4F)c(F)cc23)[C@@H](C)C1. The topological polar surface area (TPSA) is 331 Å². The van der Waals surface area contributed by atoms with Crippen molar-refractivity contribution in [1.29, 1.82) is 0 Å². The Bertz CT molecular complexity index is 6310. The average Bonchev–Trinajstić information content (AvgIpc) is 0.735. The zero-order valence-corrected chi connectivity index (χ0v) is 76.6. The summed E-state index contributed by atoms with van der Waals surface area (Å²) < 4.78 is 155. The van der Waals surface area contributed by atoms with Gasteiger partial charge in [0, 0.05) is 95.6 Å². The van der Waals surface area contributed by atoms with Crippen molar-refractivity contribution >= 4 is 143 Å². The molecule has 3 fully saturated rings. The molecule has 12 aromatic rings. The van der Waals surface area contributed by atoms with Crippen molar-refractivity contribution in [2.75, 3.05) is 90.8 Å². The van der Waals surface area contributed by atoms with Gasteiger partial charge in [0.1, 0.15) is 59.6 Å². The molecule has 3 aliphatic heterocycles. The number of fused-ring (bicyclic) bond motifs is 3. The minimum absolute atomic E-state index is 0.0619. The molecule has 6 N–H and O–H groups in total. The second-order valence-corrected chi connectivity index (χ2v) is 34.4. The molecule has 0 saturated carbocycles. The molecule has 42 heteroatoms. The van der Waals surface area contributed by atoms with E-state index in [1.807, 2.05) is 55.4 Å². The van der Waals surface area contributed by atoms with Crippen molar-refractivity contribution < 1.29 is 58.3 Å². The molecule has 690 valence electrons. The molecule has 12 heterocycles. The lowest BCUT2D eigenvalue weighted by atomic mass is 10.0. The summed E-state index contributed by atoms with van der Waals surface area (Å²) in [6, 6.07) is 7.14. The Hall–Kier alpha value is -12.8. The van der Waals surface area contributed by atoms with Crippen LogP contribution in [-0.4, -0.2) is 168 Å². The monoisotopic (exact) mass is 1920 g/mol. The van der Waals surface area contributed by atoms with Crippen molar-refractivity contribution in [2.24, 2.45) is 0 Å². The van der Waals surface area contributed by atoms with Gasteiger partial charge in [-0.15, -0.1) is 0 Å². The average molecular weight is 1920 g/mol. The highest BCUT2D eigenvalue weighted by atomic mass is 35.5. The fourth-order valence-electron chi connectivity index (χ4n) is 16.4. The predicted molar refractivity (Wildman–Crippen MR) is 490 cm³/mol. The highest BCUT2D eigenvalue weighted by Gasteiger charge is 2.39. The smallest absolute Gasteiger partial charge is 0.355 e. The number of halogens is 15. The Balaban J connectivity index is 0.000000168. The molecule has 0 unspecified atom stereocenters. The predicted octanol–water partition coefficient (Wildman–Crippen LogP) is 16.9. The number of aromatic nitrogens is 12. The van der Waals surface area contributed by atoms with Gasteiger partial charge < -0.3 is 46.6 Å². The van der Waals surface area contributed by atoms with Crippen LogP contribution >= 0.6 is 58.0 Å². The molecule has 3 aromatic carbocycles. The molecule has 3 aliphatic rings. The Kier molecular flexibility index (Phi) is 28.0. The van der Waals surface area contributed by atoms with Crippen molar-refractivity contribution in [1.82, 2.24) is 73.3 Å². The number of anilines is 6. The Morgan fingerprint density at radius 1 is 0.386 bits per heavy atom. The Morgan fingerprint density at radius 2 is 0.644 bits per heavy atom. The maximum absolute atomic E-state index is 16.0. The normalized spacial score (nSPS) is 15.4. The van der Waals surface area contributed by atoms with Gasteiger partial charge in [0.05, 0.1) is 84.1 Å². The van der Waals surface area contributed by atoms with Crippen LogP contribution < -0.4 is 49.0 Å². The number of hydrogen-bond acceptors (Lipinski definition) is 21. The quantitative estimate of drug-likeness (QED) is 0.0282. The van der Waals surface area contributed by atoms with Crippen molar-refractivity contribution in [2.45, 2.75) is 119 Å². The molecule has 0 bridgehead atoms. The number of benzene rings is 3. The summed E-state index contributed by atoms with van der Waals surface area (Å²) in [5.41, 5.74) is 13.4. The summed E-state index contributed by atoms with van der Waals surface area (Å²) in [6.45, 7) is 35.1. The summed E-state index contributed by atoms with van der Waals surface area (Å²) in [7, 11) is 0. The molecule has 3 saturated heterocycles. The molecule has 15 rings (SSSR count). The standard InChI is InChI=1S/2C30H28Cl2F3N7O2.C30H28ClF4N7O2/c2*1-6-18(43)40-9-10-41(15(5)12-40)28-16-11-17(33)26(19-22(34)20(31)23(35)21(32)24(19)36)38-29(16)42(30(44)39-28)27-14(4)7-8-37-25(27)13(2)3;1-6-18(43)40-9-10-41(15(5)12-40)28-16-11-17(32)26(19-21(33)23(35)22(34)20(31)24(19)36)38-29(16)42(30(44)39-28)27-14(4)7-8-37-25(27)13(2)3/h3*6-8,11,13,15H,1,9-10,12,36H2,2-5H3/t3*15-/m000/s1. The zero-order valence-electron chi connectivity index (χ0n) is 72.8. The number of nitrogens with two attached hydrogens (primary N) is 3. The molecule has 132 heavy (non-hydrogen) atoms. The van der Waals surface area contributed by atoms with Crippen LogP contribution in [0.2, 0.25) is 25.1 Å². The third kappa shape index (κ3) is 17.3. The van der Waals surface area contributed by atoms with E-state index in [1.54, 1.807) is 93.9 Å². The van der Waals surface area contributed by atoms with E-state index in [9.17, 15) is 46.3 Å². The number of carbonyl (C=O) groups is 3. The van der Waals surface area contributed by atoms with Crippen molar-refractivity contribution in [3.63, 3.8) is 0 Å². The van der Waals surface area contributed by atoms with Gasteiger partial charge in [0.15, 0.2) is 75.1 Å². The highest BCUT2D eigenvalue weighted by molar-refractivity contribution is 6.38. The largest absolute Gasteiger partial charge is 0.397 e. The lowest BCUT2D eigenvalue weighted by molar-refractivity contribution is -0.127. The van der Waals surface area contributed by atoms with Crippen LogP contribution in [0.3, 0.4) is 0 Å². The summed E-state index contributed by atoms with van der Waals surface area (Å²) in [4.78, 5) is 128. The maximum atomic E-state index is 16.0. The second kappa shape index (κ2) is 38.2. The molecular weight excluding hydrogens is 1840 g/mol. The van der Waals surface area contributed by atoms with E-state index in [0.717, 1.165) is 22.8 Å². The van der Waals surface area contributed by atoms with E-state index < -0.39 is 151 Å². The molecule has 3 amide bonds. The second-order valence-electron chi connectivity index (χ2n) is 32.5. The van der Waals surface area contributed by atoms with Crippen LogP contribution in [0.1, 0.15) is 114 Å². The highest BCUT2D eigenvalue weighted by Crippen LogP contribution is 2.47. The molecular formula is C90H84Cl5F10N21O6. The van der Waals surface area contributed by atoms with Crippen LogP contribution in [0.15, 0.2) is 107 Å². The number of amides is 3. The van der Waals surface area contributed by atoms with Gasteiger partial charge in [0.2, 0.25) is 17.7 Å². The van der Waals surface area contributed by atoms with E-state index in [0.29, 0.717) is 77.0 Å². The molecule has 0 radical (unpaired) electrons. The van der Waals surface area contributed by atoms with E-state index in [4.69, 9.17) is 75.2 Å². The number of nitrogen functional groups attached to an aromatic ring is 3. The van der Waals surface area contributed by atoms with Crippen LogP contribution in [0.4, 0.5) is 78.4 Å². The van der Waals surface area contributed by atoms with Gasteiger partial charge in [-0.25, -0.2) is 86.9 Å². The van der Waals surface area contributed by atoms with Crippen LogP contribution in [0.25, 0.3) is 83.9 Å². The molecule has 3 atom stereocenters. The van der Waals surface area contributed by atoms with Crippen LogP contribution in [0, 0.1) is 78.9 Å². The van der Waals surface area contributed by atoms with Crippen LogP contribution in [0.5, 0.6) is 0 Å². The molecule has 9 aromatic heterocycles. The van der Waals surface area contributed by atoms with Gasteiger partial charge in [-0.2, -0.15) is 15.0 Å². The number of carbonyl (C=O) groups excluding carboxylic acids is 3. The minimum Gasteiger partial charge on any atom is -0.397 e. The van der Waals surface area contributed by atoms with Gasteiger partial charge >= 0.3 is 17.1 Å². The number of hydrogen-bond donors (Lipinski definition) is 3.